The minimum absolute atomic E-state index is 0.163. The highest BCUT2D eigenvalue weighted by atomic mass is 16.6. The van der Waals surface area contributed by atoms with Crippen LogP contribution in [0.5, 0.6) is 11.5 Å². The minimum Gasteiger partial charge on any atom is -0.493 e. The molecule has 11 heteroatoms. The Morgan fingerprint density at radius 1 is 1.23 bits per heavy atom. The predicted molar refractivity (Wildman–Crippen MR) is 140 cm³/mol. The van der Waals surface area contributed by atoms with Crippen molar-refractivity contribution in [1.82, 2.24) is 4.90 Å². The number of hydrogen-bond acceptors (Lipinski definition) is 11. The van der Waals surface area contributed by atoms with Crippen LogP contribution in [0.25, 0.3) is 0 Å². The number of esters is 3. The van der Waals surface area contributed by atoms with Gasteiger partial charge in [0.05, 0.1) is 24.5 Å². The van der Waals surface area contributed by atoms with E-state index in [0.29, 0.717) is 30.9 Å². The zero-order valence-electron chi connectivity index (χ0n) is 23.7. The topological polar surface area (TPSA) is 141 Å². The van der Waals surface area contributed by atoms with Gasteiger partial charge in [-0.25, -0.2) is 9.59 Å². The molecular weight excluding hydrogens is 522 g/mol. The molecule has 1 aromatic rings. The van der Waals surface area contributed by atoms with Crippen molar-refractivity contribution >= 4 is 17.9 Å². The van der Waals surface area contributed by atoms with Gasteiger partial charge in [0.2, 0.25) is 6.10 Å². The van der Waals surface area contributed by atoms with Gasteiger partial charge in [-0.1, -0.05) is 6.07 Å². The molecule has 2 N–H and O–H groups in total. The van der Waals surface area contributed by atoms with Gasteiger partial charge in [0.25, 0.3) is 0 Å². The smallest absolute Gasteiger partial charge is 0.348 e. The van der Waals surface area contributed by atoms with E-state index in [-0.39, 0.29) is 18.2 Å². The SMILES string of the molecule is COc1ccc2c3c1O[C@H]1C(OC(=O)C[C@H](OC(=O)[C@H](C)O)C(=O)OC(C)(C)C)=CC[C@@]4(O)[C@@H](C2)N(C)CC[C@]314. The molecule has 2 heterocycles. The number of piperidine rings is 1. The lowest BCUT2D eigenvalue weighted by molar-refractivity contribution is -0.183. The van der Waals surface area contributed by atoms with Gasteiger partial charge in [-0.3, -0.25) is 4.79 Å². The quantitative estimate of drug-likeness (QED) is 0.371. The van der Waals surface area contributed by atoms with Crippen LogP contribution in [-0.4, -0.2) is 89.3 Å². The summed E-state index contributed by atoms with van der Waals surface area (Å²) in [6.45, 7) is 6.82. The molecule has 0 unspecified atom stereocenters. The Bertz CT molecular complexity index is 1270. The number of aliphatic hydroxyl groups is 2. The van der Waals surface area contributed by atoms with E-state index in [4.69, 9.17) is 23.7 Å². The highest BCUT2D eigenvalue weighted by molar-refractivity contribution is 5.86. The molecule has 1 aromatic carbocycles. The second-order valence-corrected chi connectivity index (χ2v) is 12.1. The van der Waals surface area contributed by atoms with Crippen LogP contribution in [-0.2, 0) is 40.4 Å². The predicted octanol–water partition coefficient (Wildman–Crippen LogP) is 1.54. The van der Waals surface area contributed by atoms with Gasteiger partial charge in [0, 0.05) is 18.0 Å². The number of ether oxygens (including phenoxy) is 5. The number of likely N-dealkylation sites (tertiary alicyclic amines) is 1. The highest BCUT2D eigenvalue weighted by Crippen LogP contribution is 2.65. The van der Waals surface area contributed by atoms with Gasteiger partial charge < -0.3 is 38.8 Å². The molecule has 1 spiro atoms. The van der Waals surface area contributed by atoms with Crippen LogP contribution in [0.1, 0.15) is 58.1 Å². The molecular formula is C29H37NO10. The van der Waals surface area contributed by atoms with Crippen LogP contribution in [0.4, 0.5) is 0 Å². The van der Waals surface area contributed by atoms with Crippen LogP contribution in [0.2, 0.25) is 0 Å². The van der Waals surface area contributed by atoms with Gasteiger partial charge in [-0.2, -0.15) is 0 Å². The van der Waals surface area contributed by atoms with E-state index in [2.05, 4.69) is 4.90 Å². The van der Waals surface area contributed by atoms with E-state index in [1.54, 1.807) is 34.0 Å². The Morgan fingerprint density at radius 3 is 2.60 bits per heavy atom. The number of aliphatic hydroxyl groups excluding tert-OH is 1. The van der Waals surface area contributed by atoms with E-state index in [1.807, 2.05) is 19.2 Å². The molecule has 2 bridgehead atoms. The summed E-state index contributed by atoms with van der Waals surface area (Å²) in [4.78, 5) is 40.2. The number of carbonyl (C=O) groups is 3. The summed E-state index contributed by atoms with van der Waals surface area (Å²) in [7, 11) is 3.55. The largest absolute Gasteiger partial charge is 0.493 e. The molecule has 11 nitrogen and oxygen atoms in total. The van der Waals surface area contributed by atoms with Crippen molar-refractivity contribution in [3.05, 3.63) is 35.1 Å². The van der Waals surface area contributed by atoms with Gasteiger partial charge in [0.1, 0.15) is 17.5 Å². The molecule has 1 saturated heterocycles. The molecule has 2 aliphatic carbocycles. The van der Waals surface area contributed by atoms with Gasteiger partial charge in [0.15, 0.2) is 17.6 Å². The Labute approximate surface area is 233 Å². The molecule has 1 fully saturated rings. The normalized spacial score (nSPS) is 29.8. The average molecular weight is 560 g/mol. The summed E-state index contributed by atoms with van der Waals surface area (Å²) in [6, 6.07) is 3.69. The van der Waals surface area contributed by atoms with Gasteiger partial charge in [-0.05, 0) is 71.8 Å². The fraction of sp³-hybridized carbons (Fsp3) is 0.621. The van der Waals surface area contributed by atoms with Crippen LogP contribution in [0.3, 0.4) is 0 Å². The first kappa shape index (κ1) is 28.4. The molecule has 40 heavy (non-hydrogen) atoms. The van der Waals surface area contributed by atoms with E-state index in [1.165, 1.54) is 6.92 Å². The van der Waals surface area contributed by atoms with Crippen molar-refractivity contribution in [1.29, 1.82) is 0 Å². The monoisotopic (exact) mass is 559 g/mol. The van der Waals surface area contributed by atoms with Crippen molar-refractivity contribution in [2.24, 2.45) is 0 Å². The molecule has 218 valence electrons. The number of carbonyl (C=O) groups excluding carboxylic acids is 3. The fourth-order valence-electron chi connectivity index (χ4n) is 6.69. The summed E-state index contributed by atoms with van der Waals surface area (Å²) < 4.78 is 28.3. The molecule has 0 amide bonds. The first-order chi connectivity index (χ1) is 18.7. The summed E-state index contributed by atoms with van der Waals surface area (Å²) in [5, 5.41) is 21.9. The molecule has 5 rings (SSSR count). The number of nitrogens with zero attached hydrogens (tertiary/aromatic N) is 1. The maximum atomic E-state index is 13.2. The Kier molecular flexibility index (Phi) is 6.91. The van der Waals surface area contributed by atoms with Crippen molar-refractivity contribution < 1.29 is 48.3 Å². The Balaban J connectivity index is 1.45. The van der Waals surface area contributed by atoms with Gasteiger partial charge in [-0.15, -0.1) is 0 Å². The Hall–Kier alpha value is -3.15. The second kappa shape index (κ2) is 9.74. The fourth-order valence-corrected chi connectivity index (χ4v) is 6.69. The number of benzene rings is 1. The summed E-state index contributed by atoms with van der Waals surface area (Å²) in [6.07, 6.45) is -1.46. The highest BCUT2D eigenvalue weighted by Gasteiger charge is 2.72. The zero-order chi connectivity index (χ0) is 29.2. The lowest BCUT2D eigenvalue weighted by Crippen LogP contribution is -2.74. The number of methoxy groups -OCH3 is 1. The second-order valence-electron chi connectivity index (χ2n) is 12.1. The van der Waals surface area contributed by atoms with Crippen molar-refractivity contribution in [3.63, 3.8) is 0 Å². The van der Waals surface area contributed by atoms with Crippen LogP contribution in [0.15, 0.2) is 24.0 Å². The lowest BCUT2D eigenvalue weighted by Gasteiger charge is -2.61. The van der Waals surface area contributed by atoms with Crippen LogP contribution in [0, 0.1) is 0 Å². The first-order valence-electron chi connectivity index (χ1n) is 13.5. The molecule has 0 saturated carbocycles. The van der Waals surface area contributed by atoms with Gasteiger partial charge >= 0.3 is 17.9 Å². The average Bonchev–Trinajstić information content (AvgIpc) is 3.22. The molecule has 0 radical (unpaired) electrons. The molecule has 6 atom stereocenters. The van der Waals surface area contributed by atoms with Crippen molar-refractivity contribution in [2.45, 2.75) is 94.3 Å². The minimum atomic E-state index is -1.62. The van der Waals surface area contributed by atoms with E-state index in [9.17, 15) is 24.6 Å². The molecule has 2 aliphatic heterocycles. The summed E-state index contributed by atoms with van der Waals surface area (Å²) in [5.74, 6) is -1.58. The zero-order valence-corrected chi connectivity index (χ0v) is 23.7. The van der Waals surface area contributed by atoms with Crippen molar-refractivity contribution in [3.8, 4) is 11.5 Å². The third-order valence-corrected chi connectivity index (χ3v) is 8.41. The van der Waals surface area contributed by atoms with Crippen LogP contribution < -0.4 is 9.47 Å². The maximum absolute atomic E-state index is 13.2. The summed E-state index contributed by atoms with van der Waals surface area (Å²) >= 11 is 0. The molecule has 0 aromatic heterocycles. The maximum Gasteiger partial charge on any atom is 0.348 e. The van der Waals surface area contributed by atoms with Crippen molar-refractivity contribution in [2.75, 3.05) is 20.7 Å². The number of likely N-dealkylation sites (N-methyl/N-ethyl adjacent to an activating group) is 1. The molecule has 4 aliphatic rings. The summed E-state index contributed by atoms with van der Waals surface area (Å²) in [5.41, 5.74) is -0.991. The standard InChI is InChI=1S/C29H37NO10/c1-15(31)25(33)38-19(26(34)40-27(2,3)4)14-21(32)37-18-9-10-29(35)20-13-16-7-8-17(36-6)23-22(16)28(29,24(18)39-23)11-12-30(20)5/h7-9,15,19-20,24,31,35H,10-14H2,1-6H3/t15-,19-,20+,24-,28-,29+/m0/s1. The van der Waals surface area contributed by atoms with E-state index >= 15 is 0 Å². The number of rotatable bonds is 7. The van der Waals surface area contributed by atoms with E-state index in [0.717, 1.165) is 11.1 Å². The third-order valence-electron chi connectivity index (χ3n) is 8.41. The Morgan fingerprint density at radius 2 is 1.95 bits per heavy atom. The number of hydrogen-bond donors (Lipinski definition) is 2. The van der Waals surface area contributed by atoms with Crippen LogP contribution >= 0.6 is 0 Å². The van der Waals surface area contributed by atoms with E-state index < -0.39 is 59.3 Å². The first-order valence-corrected chi connectivity index (χ1v) is 13.5. The lowest BCUT2D eigenvalue weighted by atomic mass is 9.50. The third kappa shape index (κ3) is 4.35.